The Balaban J connectivity index is 2.71. The number of pyridine rings is 1. The Kier molecular flexibility index (Phi) is 3.19. The second-order valence-corrected chi connectivity index (χ2v) is 2.85. The minimum atomic E-state index is -0.142. The van der Waals surface area contributed by atoms with Crippen LogP contribution in [0.1, 0.15) is 25.1 Å². The second kappa shape index (κ2) is 4.18. The van der Waals surface area contributed by atoms with Gasteiger partial charge in [-0.2, -0.15) is 0 Å². The third-order valence-electron chi connectivity index (χ3n) is 1.96. The van der Waals surface area contributed by atoms with E-state index in [1.807, 2.05) is 25.1 Å². The van der Waals surface area contributed by atoms with Gasteiger partial charge >= 0.3 is 0 Å². The summed E-state index contributed by atoms with van der Waals surface area (Å²) in [7, 11) is 0. The quantitative estimate of drug-likeness (QED) is 0.697. The van der Waals surface area contributed by atoms with Gasteiger partial charge in [0.2, 0.25) is 0 Å². The second-order valence-electron chi connectivity index (χ2n) is 2.85. The molecule has 0 aliphatic carbocycles. The lowest BCUT2D eigenvalue weighted by molar-refractivity contribution is 0.522. The van der Waals surface area contributed by atoms with Crippen LogP contribution in [-0.2, 0) is 0 Å². The molecule has 12 heavy (non-hydrogen) atoms. The zero-order valence-electron chi connectivity index (χ0n) is 7.27. The fourth-order valence-electron chi connectivity index (χ4n) is 1.05. The van der Waals surface area contributed by atoms with Crippen molar-refractivity contribution in [3.05, 3.63) is 30.1 Å². The molecule has 4 N–H and O–H groups in total. The summed E-state index contributed by atoms with van der Waals surface area (Å²) in [5.41, 5.74) is 12.5. The van der Waals surface area contributed by atoms with Crippen LogP contribution in [-0.4, -0.2) is 11.0 Å². The molecule has 0 bridgehead atoms. The maximum absolute atomic E-state index is 5.86. The molecule has 0 saturated carbocycles. The van der Waals surface area contributed by atoms with Crippen molar-refractivity contribution >= 4 is 0 Å². The largest absolute Gasteiger partial charge is 0.326 e. The fraction of sp³-hybridized carbons (Fsp3) is 0.444. The van der Waals surface area contributed by atoms with Gasteiger partial charge in [0.1, 0.15) is 0 Å². The Hall–Kier alpha value is -0.930. The molecule has 2 atom stereocenters. The zero-order valence-corrected chi connectivity index (χ0v) is 7.27. The maximum Gasteiger partial charge on any atom is 0.0623 e. The van der Waals surface area contributed by atoms with E-state index in [-0.39, 0.29) is 12.1 Å². The first-order chi connectivity index (χ1) is 5.75. The summed E-state index contributed by atoms with van der Waals surface area (Å²) in [4.78, 5) is 4.14. The van der Waals surface area contributed by atoms with E-state index >= 15 is 0 Å². The third kappa shape index (κ3) is 2.03. The molecule has 66 valence electrons. The van der Waals surface area contributed by atoms with Crippen LogP contribution in [0.3, 0.4) is 0 Å². The molecule has 2 unspecified atom stereocenters. The number of aromatic nitrogens is 1. The molecule has 1 rings (SSSR count). The van der Waals surface area contributed by atoms with E-state index in [0.717, 1.165) is 12.1 Å². The van der Waals surface area contributed by atoms with Gasteiger partial charge in [0, 0.05) is 12.2 Å². The number of nitrogens with two attached hydrogens (primary N) is 2. The Labute approximate surface area is 72.8 Å². The molecule has 3 heteroatoms. The summed E-state index contributed by atoms with van der Waals surface area (Å²) >= 11 is 0. The van der Waals surface area contributed by atoms with Gasteiger partial charge in [0.25, 0.3) is 0 Å². The molecular formula is C9H15N3. The van der Waals surface area contributed by atoms with Crippen molar-refractivity contribution in [3.63, 3.8) is 0 Å². The average molecular weight is 165 g/mol. The first-order valence-corrected chi connectivity index (χ1v) is 4.17. The molecule has 0 aromatic carbocycles. The van der Waals surface area contributed by atoms with Crippen molar-refractivity contribution in [2.75, 3.05) is 0 Å². The van der Waals surface area contributed by atoms with Crippen LogP contribution < -0.4 is 11.5 Å². The molecule has 0 spiro atoms. The minimum Gasteiger partial charge on any atom is -0.326 e. The highest BCUT2D eigenvalue weighted by Gasteiger charge is 2.13. The fourth-order valence-corrected chi connectivity index (χ4v) is 1.05. The van der Waals surface area contributed by atoms with Gasteiger partial charge in [-0.25, -0.2) is 0 Å². The zero-order chi connectivity index (χ0) is 8.97. The number of nitrogens with zero attached hydrogens (tertiary/aromatic N) is 1. The van der Waals surface area contributed by atoms with Gasteiger partial charge < -0.3 is 11.5 Å². The summed E-state index contributed by atoms with van der Waals surface area (Å²) in [6.45, 7) is 2.02. The van der Waals surface area contributed by atoms with Gasteiger partial charge in [0.05, 0.1) is 11.7 Å². The average Bonchev–Trinajstić information content (AvgIpc) is 2.17. The first kappa shape index (κ1) is 9.16. The van der Waals surface area contributed by atoms with Crippen molar-refractivity contribution in [2.45, 2.75) is 25.4 Å². The molecule has 0 saturated heterocycles. The summed E-state index contributed by atoms with van der Waals surface area (Å²) in [5, 5.41) is 0. The summed E-state index contributed by atoms with van der Waals surface area (Å²) in [6, 6.07) is 5.55. The van der Waals surface area contributed by atoms with Crippen LogP contribution in [0.5, 0.6) is 0 Å². The highest BCUT2D eigenvalue weighted by atomic mass is 14.8. The molecule has 1 heterocycles. The Morgan fingerprint density at radius 2 is 2.17 bits per heavy atom. The minimum absolute atomic E-state index is 0.0000926. The van der Waals surface area contributed by atoms with Gasteiger partial charge in [-0.3, -0.25) is 4.98 Å². The molecule has 1 aromatic rings. The summed E-state index contributed by atoms with van der Waals surface area (Å²) in [5.74, 6) is 0. The van der Waals surface area contributed by atoms with E-state index in [2.05, 4.69) is 4.98 Å². The smallest absolute Gasteiger partial charge is 0.0623 e. The van der Waals surface area contributed by atoms with E-state index in [1.165, 1.54) is 0 Å². The van der Waals surface area contributed by atoms with E-state index in [4.69, 9.17) is 11.5 Å². The highest BCUT2D eigenvalue weighted by Crippen LogP contribution is 2.10. The normalized spacial score (nSPS) is 15.6. The van der Waals surface area contributed by atoms with E-state index in [1.54, 1.807) is 6.20 Å². The highest BCUT2D eigenvalue weighted by molar-refractivity contribution is 5.09. The van der Waals surface area contributed by atoms with Crippen LogP contribution in [0.4, 0.5) is 0 Å². The summed E-state index contributed by atoms with van der Waals surface area (Å²) in [6.07, 6.45) is 2.61. The van der Waals surface area contributed by atoms with Crippen molar-refractivity contribution < 1.29 is 0 Å². The van der Waals surface area contributed by atoms with Crippen molar-refractivity contribution in [3.8, 4) is 0 Å². The van der Waals surface area contributed by atoms with Crippen LogP contribution in [0.25, 0.3) is 0 Å². The Bertz CT molecular complexity index is 222. The molecule has 1 aromatic heterocycles. The molecule has 0 amide bonds. The monoisotopic (exact) mass is 165 g/mol. The predicted octanol–water partition coefficient (Wildman–Crippen LogP) is 0.819. The van der Waals surface area contributed by atoms with Crippen molar-refractivity contribution in [1.29, 1.82) is 0 Å². The van der Waals surface area contributed by atoms with Gasteiger partial charge in [0.15, 0.2) is 0 Å². The van der Waals surface area contributed by atoms with Crippen LogP contribution in [0.15, 0.2) is 24.4 Å². The van der Waals surface area contributed by atoms with E-state index in [0.29, 0.717) is 0 Å². The lowest BCUT2D eigenvalue weighted by Crippen LogP contribution is -2.33. The lowest BCUT2D eigenvalue weighted by Gasteiger charge is -2.16. The lowest BCUT2D eigenvalue weighted by atomic mass is 10.0. The van der Waals surface area contributed by atoms with E-state index < -0.39 is 0 Å². The molecule has 3 nitrogen and oxygen atoms in total. The Morgan fingerprint density at radius 3 is 2.67 bits per heavy atom. The van der Waals surface area contributed by atoms with Gasteiger partial charge in [-0.05, 0) is 18.6 Å². The summed E-state index contributed by atoms with van der Waals surface area (Å²) < 4.78 is 0. The number of rotatable bonds is 3. The standard InChI is InChI=1S/C9H15N3/c1-2-7(10)9(11)8-5-3-4-6-12-8/h3-7,9H,2,10-11H2,1H3. The number of hydrogen-bond acceptors (Lipinski definition) is 3. The molecule has 0 radical (unpaired) electrons. The van der Waals surface area contributed by atoms with Crippen LogP contribution >= 0.6 is 0 Å². The molecular weight excluding hydrogens is 150 g/mol. The van der Waals surface area contributed by atoms with E-state index in [9.17, 15) is 0 Å². The topological polar surface area (TPSA) is 64.9 Å². The predicted molar refractivity (Wildman–Crippen MR) is 49.4 cm³/mol. The Morgan fingerprint density at radius 1 is 1.42 bits per heavy atom. The number of hydrogen-bond donors (Lipinski definition) is 2. The maximum atomic E-state index is 5.86. The molecule has 0 aliphatic heterocycles. The van der Waals surface area contributed by atoms with Crippen molar-refractivity contribution in [1.82, 2.24) is 4.98 Å². The van der Waals surface area contributed by atoms with Gasteiger partial charge in [-0.1, -0.05) is 13.0 Å². The molecule has 0 fully saturated rings. The van der Waals surface area contributed by atoms with Crippen LogP contribution in [0, 0.1) is 0 Å². The SMILES string of the molecule is CCC(N)C(N)c1ccccn1. The van der Waals surface area contributed by atoms with Gasteiger partial charge in [-0.15, -0.1) is 0 Å². The third-order valence-corrected chi connectivity index (χ3v) is 1.96. The van der Waals surface area contributed by atoms with Crippen molar-refractivity contribution in [2.24, 2.45) is 11.5 Å². The molecule has 0 aliphatic rings. The first-order valence-electron chi connectivity index (χ1n) is 4.17. The van der Waals surface area contributed by atoms with Crippen LogP contribution in [0.2, 0.25) is 0 Å².